The van der Waals surface area contributed by atoms with Gasteiger partial charge in [-0.2, -0.15) is 0 Å². The summed E-state index contributed by atoms with van der Waals surface area (Å²) in [5.41, 5.74) is 0. The van der Waals surface area contributed by atoms with Crippen molar-refractivity contribution in [1.82, 2.24) is 13.5 Å². The summed E-state index contributed by atoms with van der Waals surface area (Å²) in [7, 11) is 0. The van der Waals surface area contributed by atoms with Crippen molar-refractivity contribution >= 4 is 0 Å². The number of nitrogens with zero attached hydrogens (tertiary/aromatic N) is 4. The quantitative estimate of drug-likeness (QED) is 0.734. The average molecular weight is 328 g/mol. The molecule has 4 aliphatic heterocycles. The SMILES string of the molecule is C1CC[N]([Ti]([N]2CCCC2)([N]2CCCC2)[N]2CCCC2)C1. The van der Waals surface area contributed by atoms with Crippen molar-refractivity contribution in [2.75, 3.05) is 52.4 Å². The zero-order valence-corrected chi connectivity index (χ0v) is 15.2. The molecule has 0 spiro atoms. The van der Waals surface area contributed by atoms with Gasteiger partial charge in [-0.15, -0.1) is 0 Å². The molecule has 0 N–H and O–H groups in total. The van der Waals surface area contributed by atoms with Crippen LogP contribution in [0.25, 0.3) is 0 Å². The van der Waals surface area contributed by atoms with Crippen LogP contribution >= 0.6 is 0 Å². The van der Waals surface area contributed by atoms with E-state index in [0.717, 1.165) is 0 Å². The van der Waals surface area contributed by atoms with Crippen molar-refractivity contribution in [2.45, 2.75) is 51.4 Å². The molecule has 0 atom stereocenters. The first-order valence-electron chi connectivity index (χ1n) is 9.42. The second-order valence-corrected chi connectivity index (χ2v) is 13.2. The van der Waals surface area contributed by atoms with Crippen molar-refractivity contribution in [1.29, 1.82) is 0 Å². The molecule has 0 saturated carbocycles. The summed E-state index contributed by atoms with van der Waals surface area (Å²) in [4.78, 5) is 0. The first-order chi connectivity index (χ1) is 10.4. The van der Waals surface area contributed by atoms with Crippen molar-refractivity contribution in [2.24, 2.45) is 0 Å². The minimum absolute atomic E-state index is 1.39. The molecule has 0 radical (unpaired) electrons. The van der Waals surface area contributed by atoms with Gasteiger partial charge in [-0.05, 0) is 0 Å². The molecule has 0 aromatic heterocycles. The van der Waals surface area contributed by atoms with E-state index in [1.807, 2.05) is 0 Å². The fourth-order valence-electron chi connectivity index (χ4n) is 5.27. The van der Waals surface area contributed by atoms with Crippen molar-refractivity contribution in [3.05, 3.63) is 0 Å². The van der Waals surface area contributed by atoms with Crippen LogP contribution in [0, 0.1) is 0 Å². The molecule has 0 unspecified atom stereocenters. The van der Waals surface area contributed by atoms with E-state index in [1.165, 1.54) is 104 Å². The van der Waals surface area contributed by atoms with Gasteiger partial charge >= 0.3 is 135 Å². The first-order valence-corrected chi connectivity index (χ1v) is 12.2. The molecular weight excluding hydrogens is 296 g/mol. The Morgan fingerprint density at radius 3 is 0.714 bits per heavy atom. The molecule has 4 saturated heterocycles. The molecule has 0 aromatic carbocycles. The Bertz CT molecular complexity index is 271. The Hall–Kier alpha value is 0.554. The van der Waals surface area contributed by atoms with Crippen LogP contribution in [0.3, 0.4) is 0 Å². The Balaban J connectivity index is 1.71. The average Bonchev–Trinajstić information content (AvgIpc) is 3.32. The van der Waals surface area contributed by atoms with Crippen LogP contribution in [0.2, 0.25) is 0 Å². The molecule has 4 rings (SSSR count). The number of rotatable bonds is 4. The summed E-state index contributed by atoms with van der Waals surface area (Å²) in [5.74, 6) is 0. The van der Waals surface area contributed by atoms with Crippen molar-refractivity contribution < 1.29 is 17.6 Å². The predicted octanol–water partition coefficient (Wildman–Crippen LogP) is 2.18. The third-order valence-electron chi connectivity index (χ3n) is 6.12. The fraction of sp³-hybridized carbons (Fsp3) is 1.00. The summed E-state index contributed by atoms with van der Waals surface area (Å²) >= 11 is -2.39. The minimum atomic E-state index is -2.39. The molecule has 0 amide bonds. The van der Waals surface area contributed by atoms with Crippen molar-refractivity contribution in [3.8, 4) is 0 Å². The van der Waals surface area contributed by atoms with E-state index < -0.39 is 17.6 Å². The standard InChI is InChI=1S/4C4H8N.Ti/c4*1-2-4-5-3-1;/h4*1-4H2;/q4*-1;+4. The van der Waals surface area contributed by atoms with Gasteiger partial charge in [0.05, 0.1) is 0 Å². The van der Waals surface area contributed by atoms with Gasteiger partial charge in [-0.1, -0.05) is 0 Å². The Kier molecular flexibility index (Phi) is 4.73. The summed E-state index contributed by atoms with van der Waals surface area (Å²) in [6, 6.07) is 0. The van der Waals surface area contributed by atoms with Gasteiger partial charge in [0.25, 0.3) is 0 Å². The van der Waals surface area contributed by atoms with Gasteiger partial charge < -0.3 is 0 Å². The van der Waals surface area contributed by atoms with Crippen LogP contribution in [-0.2, 0) is 17.6 Å². The second kappa shape index (κ2) is 6.58. The molecule has 4 aliphatic rings. The zero-order valence-electron chi connectivity index (χ0n) is 13.6. The van der Waals surface area contributed by atoms with Gasteiger partial charge in [0.1, 0.15) is 0 Å². The number of hydrogen-bond donors (Lipinski definition) is 0. The molecular formula is C16H32N4Ti. The van der Waals surface area contributed by atoms with Gasteiger partial charge in [0.15, 0.2) is 0 Å². The Morgan fingerprint density at radius 2 is 0.524 bits per heavy atom. The van der Waals surface area contributed by atoms with Crippen LogP contribution in [-0.4, -0.2) is 65.9 Å². The van der Waals surface area contributed by atoms with Gasteiger partial charge in [0.2, 0.25) is 0 Å². The molecule has 0 bridgehead atoms. The second-order valence-electron chi connectivity index (χ2n) is 7.38. The Morgan fingerprint density at radius 1 is 0.333 bits per heavy atom. The van der Waals surface area contributed by atoms with Crippen molar-refractivity contribution in [3.63, 3.8) is 0 Å². The van der Waals surface area contributed by atoms with Crippen LogP contribution in [0.5, 0.6) is 0 Å². The topological polar surface area (TPSA) is 13.0 Å². The molecule has 4 heterocycles. The maximum absolute atomic E-state index is 3.04. The molecule has 4 nitrogen and oxygen atoms in total. The Labute approximate surface area is 135 Å². The first kappa shape index (κ1) is 15.1. The van der Waals surface area contributed by atoms with E-state index >= 15 is 0 Å². The monoisotopic (exact) mass is 328 g/mol. The molecule has 4 fully saturated rings. The van der Waals surface area contributed by atoms with Gasteiger partial charge in [0, 0.05) is 0 Å². The third kappa shape index (κ3) is 2.56. The van der Waals surface area contributed by atoms with E-state index in [1.54, 1.807) is 0 Å². The van der Waals surface area contributed by atoms with Gasteiger partial charge in [-0.25, -0.2) is 0 Å². The van der Waals surface area contributed by atoms with Crippen LogP contribution in [0.4, 0.5) is 0 Å². The molecule has 0 aliphatic carbocycles. The fourth-order valence-corrected chi connectivity index (χ4v) is 14.7. The summed E-state index contributed by atoms with van der Waals surface area (Å²) in [6.07, 6.45) is 11.6. The van der Waals surface area contributed by atoms with E-state index in [4.69, 9.17) is 0 Å². The van der Waals surface area contributed by atoms with Crippen LogP contribution in [0.15, 0.2) is 0 Å². The van der Waals surface area contributed by atoms with Crippen LogP contribution < -0.4 is 0 Å². The van der Waals surface area contributed by atoms with Crippen LogP contribution in [0.1, 0.15) is 51.4 Å². The summed E-state index contributed by atoms with van der Waals surface area (Å²) in [6.45, 7) is 11.1. The van der Waals surface area contributed by atoms with E-state index in [9.17, 15) is 0 Å². The van der Waals surface area contributed by atoms with E-state index in [2.05, 4.69) is 13.5 Å². The normalized spacial score (nSPS) is 30.9. The molecule has 120 valence electrons. The zero-order chi connectivity index (χ0) is 14.1. The van der Waals surface area contributed by atoms with Gasteiger partial charge in [-0.3, -0.25) is 0 Å². The van der Waals surface area contributed by atoms with E-state index in [-0.39, 0.29) is 0 Å². The summed E-state index contributed by atoms with van der Waals surface area (Å²) in [5, 5.41) is 0. The van der Waals surface area contributed by atoms with E-state index in [0.29, 0.717) is 0 Å². The predicted molar refractivity (Wildman–Crippen MR) is 83.2 cm³/mol. The maximum atomic E-state index is 3.04. The molecule has 5 heteroatoms. The summed E-state index contributed by atoms with van der Waals surface area (Å²) < 4.78 is 12.2. The number of hydrogen-bond acceptors (Lipinski definition) is 4. The molecule has 0 aromatic rings. The molecule has 21 heavy (non-hydrogen) atoms. The third-order valence-corrected chi connectivity index (χ3v) is 14.2.